The fourth-order valence-electron chi connectivity index (χ4n) is 0. The van der Waals surface area contributed by atoms with E-state index in [0.29, 0.717) is 0 Å². The second-order valence-corrected chi connectivity index (χ2v) is 1.22. The maximum atomic E-state index is 8.52. The van der Waals surface area contributed by atoms with Gasteiger partial charge in [-0.3, -0.25) is 8.42 Å². The molecule has 0 bridgehead atoms. The third kappa shape index (κ3) is 1470. The Morgan fingerprint density at radius 3 is 0.818 bits per heavy atom. The molecule has 2 radical (unpaired) electrons. The molecule has 0 rings (SSSR count). The third-order valence-electron chi connectivity index (χ3n) is 0. The Kier molecular flexibility index (Phi) is 123. The summed E-state index contributed by atoms with van der Waals surface area (Å²) in [6, 6.07) is 0. The zero-order valence-electron chi connectivity index (χ0n) is 4.80. The van der Waals surface area contributed by atoms with Crippen molar-refractivity contribution in [2.45, 2.75) is 0 Å². The van der Waals surface area contributed by atoms with Crippen LogP contribution in [-0.2, 0) is 44.5 Å². The van der Waals surface area contributed by atoms with Gasteiger partial charge in [-0.25, -0.2) is 0 Å². The molecular formula is H8Mn2O8S. The Balaban J connectivity index is -0.00000000533. The van der Waals surface area contributed by atoms with Crippen molar-refractivity contribution in [1.82, 2.24) is 0 Å². The van der Waals surface area contributed by atoms with E-state index in [1.165, 1.54) is 0 Å². The summed E-state index contributed by atoms with van der Waals surface area (Å²) in [4.78, 5) is 0. The van der Waals surface area contributed by atoms with Crippen molar-refractivity contribution in [3.05, 3.63) is 0 Å². The van der Waals surface area contributed by atoms with Crippen LogP contribution in [0.15, 0.2) is 0 Å². The van der Waals surface area contributed by atoms with Gasteiger partial charge in [-0.1, -0.05) is 0 Å². The van der Waals surface area contributed by atoms with Crippen molar-refractivity contribution in [3.8, 4) is 0 Å². The van der Waals surface area contributed by atoms with Crippen LogP contribution in [0, 0.1) is 0 Å². The number of rotatable bonds is 0. The van der Waals surface area contributed by atoms with Crippen molar-refractivity contribution in [2.75, 3.05) is 0 Å². The molecule has 0 aromatic rings. The zero-order chi connectivity index (χ0) is 4.50. The molecule has 11 heteroatoms. The molecule has 76 valence electrons. The first-order chi connectivity index (χ1) is 2.00. The normalized spacial score (nSPS) is 5.27. The molecule has 0 amide bonds. The average Bonchev–Trinajstić information content (AvgIpc) is 0.722. The molecule has 11 heavy (non-hydrogen) atoms. The van der Waals surface area contributed by atoms with Gasteiger partial charge in [0.1, 0.15) is 0 Å². The minimum atomic E-state index is -5.17. The molecule has 0 spiro atoms. The third-order valence-corrected chi connectivity index (χ3v) is 0. The van der Waals surface area contributed by atoms with Crippen molar-refractivity contribution < 1.29 is 73.6 Å². The van der Waals surface area contributed by atoms with Crippen LogP contribution in [-0.4, -0.2) is 39.4 Å². The van der Waals surface area contributed by atoms with Crippen LogP contribution in [0.3, 0.4) is 0 Å². The van der Waals surface area contributed by atoms with Gasteiger partial charge in [-0.15, -0.1) is 0 Å². The summed E-state index contributed by atoms with van der Waals surface area (Å²) >= 11 is 0. The van der Waals surface area contributed by atoms with E-state index in [-0.39, 0.29) is 56.0 Å². The van der Waals surface area contributed by atoms with E-state index >= 15 is 0 Å². The summed E-state index contributed by atoms with van der Waals surface area (Å²) in [5.41, 5.74) is 0. The minimum absolute atomic E-state index is 0. The molecule has 0 aliphatic rings. The van der Waals surface area contributed by atoms with E-state index in [9.17, 15) is 0 Å². The molecule has 0 aromatic carbocycles. The van der Waals surface area contributed by atoms with Crippen LogP contribution >= 0.6 is 0 Å². The molecule has 0 heterocycles. The van der Waals surface area contributed by atoms with Gasteiger partial charge >= 0.3 is 17.1 Å². The molecule has 0 aromatic heterocycles. The van der Waals surface area contributed by atoms with Gasteiger partial charge in [-0.05, 0) is 0 Å². The SMILES string of the molecule is O.O.O.O.O=S(=O)([O-])[O-].[Mn+2].[Mn]. The van der Waals surface area contributed by atoms with Gasteiger partial charge in [0.15, 0.2) is 0 Å². The van der Waals surface area contributed by atoms with Crippen molar-refractivity contribution >= 4 is 10.4 Å². The van der Waals surface area contributed by atoms with Crippen molar-refractivity contribution in [1.29, 1.82) is 0 Å². The quantitative estimate of drug-likeness (QED) is 0.243. The fourth-order valence-corrected chi connectivity index (χ4v) is 0. The summed E-state index contributed by atoms with van der Waals surface area (Å²) in [5.74, 6) is 0. The molecule has 8 N–H and O–H groups in total. The Morgan fingerprint density at radius 1 is 0.818 bits per heavy atom. The predicted octanol–water partition coefficient (Wildman–Crippen LogP) is -4.64. The zero-order valence-corrected chi connectivity index (χ0v) is 7.97. The summed E-state index contributed by atoms with van der Waals surface area (Å²) in [6.07, 6.45) is 0. The molecule has 0 unspecified atom stereocenters. The van der Waals surface area contributed by atoms with Crippen LogP contribution in [0.1, 0.15) is 0 Å². The van der Waals surface area contributed by atoms with Gasteiger partial charge in [0, 0.05) is 27.5 Å². The Labute approximate surface area is 84.1 Å². The first-order valence-corrected chi connectivity index (χ1v) is 2.00. The Bertz CT molecular complexity index is 95.3. The summed E-state index contributed by atoms with van der Waals surface area (Å²) in [6.45, 7) is 0. The second kappa shape index (κ2) is 22.4. The van der Waals surface area contributed by atoms with Crippen LogP contribution < -0.4 is 0 Å². The van der Waals surface area contributed by atoms with Gasteiger partial charge in [0.25, 0.3) is 0 Å². The average molecular weight is 278 g/mol. The van der Waals surface area contributed by atoms with E-state index in [0.717, 1.165) is 0 Å². The second-order valence-electron chi connectivity index (χ2n) is 0.408. The maximum Gasteiger partial charge on any atom is 2.00 e. The fraction of sp³-hybridized carbons (Fsp3) is 0. The van der Waals surface area contributed by atoms with Crippen LogP contribution in [0.5, 0.6) is 0 Å². The van der Waals surface area contributed by atoms with E-state index in [4.69, 9.17) is 17.5 Å². The van der Waals surface area contributed by atoms with Crippen LogP contribution in [0.4, 0.5) is 0 Å². The van der Waals surface area contributed by atoms with Gasteiger partial charge in [-0.2, -0.15) is 0 Å². The molecule has 0 fully saturated rings. The number of hydrogen-bond acceptors (Lipinski definition) is 4. The molecule has 0 aliphatic carbocycles. The molecule has 0 saturated carbocycles. The Morgan fingerprint density at radius 2 is 0.818 bits per heavy atom. The smallest absolute Gasteiger partial charge is 0.759 e. The van der Waals surface area contributed by atoms with Crippen molar-refractivity contribution in [3.63, 3.8) is 0 Å². The summed E-state index contributed by atoms with van der Waals surface area (Å²) < 4.78 is 34.1. The number of hydrogen-bond donors (Lipinski definition) is 0. The summed E-state index contributed by atoms with van der Waals surface area (Å²) in [7, 11) is -5.17. The van der Waals surface area contributed by atoms with Crippen molar-refractivity contribution in [2.24, 2.45) is 0 Å². The summed E-state index contributed by atoms with van der Waals surface area (Å²) in [5, 5.41) is 0. The first kappa shape index (κ1) is 60.2. The monoisotopic (exact) mass is 278 g/mol. The molecule has 0 saturated heterocycles. The maximum absolute atomic E-state index is 8.52. The largest absolute Gasteiger partial charge is 2.00 e. The first-order valence-electron chi connectivity index (χ1n) is 0.667. The van der Waals surface area contributed by atoms with E-state index in [2.05, 4.69) is 0 Å². The van der Waals surface area contributed by atoms with Gasteiger partial charge in [0.05, 0.1) is 0 Å². The Hall–Kier alpha value is 0.749. The molecule has 0 atom stereocenters. The predicted molar refractivity (Wildman–Crippen MR) is 24.9 cm³/mol. The van der Waals surface area contributed by atoms with E-state index in [1.54, 1.807) is 0 Å². The van der Waals surface area contributed by atoms with Crippen LogP contribution in [0.25, 0.3) is 0 Å². The van der Waals surface area contributed by atoms with E-state index in [1.807, 2.05) is 0 Å². The van der Waals surface area contributed by atoms with E-state index < -0.39 is 10.4 Å². The van der Waals surface area contributed by atoms with Crippen LogP contribution in [0.2, 0.25) is 0 Å². The topological polar surface area (TPSA) is 206 Å². The molecular weight excluding hydrogens is 270 g/mol. The minimum Gasteiger partial charge on any atom is -0.759 e. The standard InChI is InChI=1S/2Mn.H2O4S.4H2O/c;;1-5(2,3)4;;;;/h;;(H2,1,2,3,4);4*1H2/q;+2;;;;;/p-2. The molecule has 8 nitrogen and oxygen atoms in total. The van der Waals surface area contributed by atoms with Gasteiger partial charge < -0.3 is 31.0 Å². The molecule has 0 aliphatic heterocycles. The van der Waals surface area contributed by atoms with Gasteiger partial charge in [0.2, 0.25) is 0 Å².